The maximum absolute atomic E-state index is 14.5. The van der Waals surface area contributed by atoms with Gasteiger partial charge in [-0.25, -0.2) is 9.37 Å². The molecule has 0 radical (unpaired) electrons. The number of hydrogen-bond acceptors (Lipinski definition) is 7. The Morgan fingerprint density at radius 3 is 2.69 bits per heavy atom. The summed E-state index contributed by atoms with van der Waals surface area (Å²) in [5.74, 6) is 0.232. The average Bonchev–Trinajstić information content (AvgIpc) is 2.97. The van der Waals surface area contributed by atoms with E-state index in [0.717, 1.165) is 12.8 Å². The number of nitrogens with zero attached hydrogens (tertiary/aromatic N) is 4. The lowest BCUT2D eigenvalue weighted by atomic mass is 10.1. The van der Waals surface area contributed by atoms with Crippen LogP contribution in [0, 0.1) is 0 Å². The average molecular weight is 439 g/mol. The van der Waals surface area contributed by atoms with Crippen LogP contribution in [-0.2, 0) is 7.05 Å². The molecule has 2 heterocycles. The van der Waals surface area contributed by atoms with Gasteiger partial charge in [-0.1, -0.05) is 6.07 Å². The fourth-order valence-electron chi connectivity index (χ4n) is 3.88. The second-order valence-electron chi connectivity index (χ2n) is 8.04. The molecule has 1 aliphatic carbocycles. The molecular weight excluding hydrogens is 413 g/mol. The van der Waals surface area contributed by atoms with Gasteiger partial charge < -0.3 is 19.7 Å². The molecule has 1 fully saturated rings. The third-order valence-corrected chi connectivity index (χ3v) is 5.82. The van der Waals surface area contributed by atoms with Gasteiger partial charge in [0, 0.05) is 42.8 Å². The van der Waals surface area contributed by atoms with E-state index in [0.29, 0.717) is 35.4 Å². The first-order chi connectivity index (χ1) is 15.4. The van der Waals surface area contributed by atoms with Gasteiger partial charge in [-0.15, -0.1) is 10.2 Å². The fraction of sp³-hybridized carbons (Fsp3) is 0.391. The number of rotatable bonds is 5. The van der Waals surface area contributed by atoms with Crippen molar-refractivity contribution in [3.63, 3.8) is 0 Å². The van der Waals surface area contributed by atoms with Crippen LogP contribution in [0.15, 0.2) is 47.5 Å². The molecule has 1 saturated carbocycles. The van der Waals surface area contributed by atoms with E-state index in [1.165, 1.54) is 23.0 Å². The maximum atomic E-state index is 14.5. The lowest BCUT2D eigenvalue weighted by molar-refractivity contribution is 0.0837. The molecule has 168 valence electrons. The highest BCUT2D eigenvalue weighted by atomic mass is 19.1. The lowest BCUT2D eigenvalue weighted by Crippen LogP contribution is -2.35. The van der Waals surface area contributed by atoms with Gasteiger partial charge in [-0.3, -0.25) is 4.79 Å². The molecule has 0 saturated heterocycles. The van der Waals surface area contributed by atoms with E-state index in [-0.39, 0.29) is 23.2 Å². The summed E-state index contributed by atoms with van der Waals surface area (Å²) in [4.78, 5) is 16.1. The predicted molar refractivity (Wildman–Crippen MR) is 118 cm³/mol. The summed E-state index contributed by atoms with van der Waals surface area (Å²) in [6.45, 7) is 0. The minimum Gasteiger partial charge on any atom is -0.507 e. The zero-order valence-corrected chi connectivity index (χ0v) is 18.0. The number of aromatic hydroxyl groups is 1. The normalized spacial score (nSPS) is 21.2. The van der Waals surface area contributed by atoms with Gasteiger partial charge in [-0.2, -0.15) is 0 Å². The molecule has 0 spiro atoms. The number of aromatic nitrogens is 4. The van der Waals surface area contributed by atoms with Gasteiger partial charge in [0.1, 0.15) is 18.0 Å². The summed E-state index contributed by atoms with van der Waals surface area (Å²) < 4.78 is 21.6. The van der Waals surface area contributed by atoms with Crippen LogP contribution >= 0.6 is 0 Å². The second-order valence-corrected chi connectivity index (χ2v) is 8.04. The van der Waals surface area contributed by atoms with Crippen LogP contribution in [0.25, 0.3) is 22.5 Å². The fourth-order valence-corrected chi connectivity index (χ4v) is 3.88. The van der Waals surface area contributed by atoms with Crippen LogP contribution in [0.4, 0.5) is 4.39 Å². The highest BCUT2D eigenvalue weighted by Gasteiger charge is 2.29. The van der Waals surface area contributed by atoms with Crippen molar-refractivity contribution >= 4 is 0 Å². The lowest BCUT2D eigenvalue weighted by Gasteiger charge is -2.22. The monoisotopic (exact) mass is 439 g/mol. The molecule has 0 bridgehead atoms. The van der Waals surface area contributed by atoms with E-state index in [4.69, 9.17) is 4.74 Å². The molecule has 3 aromatic rings. The number of ether oxygens (including phenoxy) is 1. The van der Waals surface area contributed by atoms with Crippen molar-refractivity contribution < 1.29 is 14.2 Å². The van der Waals surface area contributed by atoms with Crippen molar-refractivity contribution in [3.05, 3.63) is 53.1 Å². The van der Waals surface area contributed by atoms with E-state index >= 15 is 0 Å². The Morgan fingerprint density at radius 2 is 2.00 bits per heavy atom. The molecule has 0 aliphatic heterocycles. The number of phenolic OH excluding ortho intramolecular Hbond substituents is 1. The number of alkyl halides is 1. The maximum Gasteiger partial charge on any atom is 0.253 e. The Labute approximate surface area is 185 Å². The largest absolute Gasteiger partial charge is 0.507 e. The molecule has 4 rings (SSSR count). The molecule has 2 aromatic heterocycles. The van der Waals surface area contributed by atoms with E-state index in [9.17, 15) is 14.3 Å². The third kappa shape index (κ3) is 4.77. The van der Waals surface area contributed by atoms with Crippen molar-refractivity contribution in [2.75, 3.05) is 7.05 Å². The Morgan fingerprint density at radius 1 is 1.16 bits per heavy atom. The van der Waals surface area contributed by atoms with Gasteiger partial charge in [0.15, 0.2) is 0 Å². The van der Waals surface area contributed by atoms with Crippen LogP contribution in [0.5, 0.6) is 11.6 Å². The SMILES string of the molecule is CNC1CCCC(F)[C@@H](Oc2ccc(-c3ccc(-c4cc(=O)n(C)cn4)cc3O)nn2)C1. The number of benzene rings is 1. The number of phenols is 1. The van der Waals surface area contributed by atoms with E-state index in [1.54, 1.807) is 31.3 Å². The first kappa shape index (κ1) is 21.9. The summed E-state index contributed by atoms with van der Waals surface area (Å²) in [6, 6.07) is 9.89. The highest BCUT2D eigenvalue weighted by molar-refractivity contribution is 5.72. The van der Waals surface area contributed by atoms with E-state index < -0.39 is 12.3 Å². The quantitative estimate of drug-likeness (QED) is 0.590. The summed E-state index contributed by atoms with van der Waals surface area (Å²) in [7, 11) is 3.49. The van der Waals surface area contributed by atoms with Crippen molar-refractivity contribution in [1.82, 2.24) is 25.1 Å². The molecule has 8 nitrogen and oxygen atoms in total. The Hall–Kier alpha value is -3.33. The standard InChI is InChI=1S/C23H26FN5O3/c1-25-15-4-3-5-17(24)21(11-15)32-22-9-8-18(27-28-22)16-7-6-14(10-20(16)30)19-12-23(31)29(2)13-26-19/h6-10,12-13,15,17,21,25,30H,3-5,11H2,1-2H3/t15?,17?,21-/m0/s1. The van der Waals surface area contributed by atoms with Gasteiger partial charge in [-0.05, 0) is 44.5 Å². The molecule has 32 heavy (non-hydrogen) atoms. The van der Waals surface area contributed by atoms with Crippen molar-refractivity contribution in [2.24, 2.45) is 7.05 Å². The predicted octanol–water partition coefficient (Wildman–Crippen LogP) is 2.86. The van der Waals surface area contributed by atoms with Crippen LogP contribution in [0.1, 0.15) is 25.7 Å². The van der Waals surface area contributed by atoms with Crippen molar-refractivity contribution in [1.29, 1.82) is 0 Å². The van der Waals surface area contributed by atoms with Crippen LogP contribution < -0.4 is 15.6 Å². The smallest absolute Gasteiger partial charge is 0.253 e. The van der Waals surface area contributed by atoms with Gasteiger partial charge in [0.25, 0.3) is 5.56 Å². The van der Waals surface area contributed by atoms with E-state index in [1.807, 2.05) is 7.05 Å². The van der Waals surface area contributed by atoms with Crippen LogP contribution in [-0.4, -0.2) is 50.2 Å². The summed E-state index contributed by atoms with van der Waals surface area (Å²) in [5.41, 5.74) is 1.81. The van der Waals surface area contributed by atoms with Crippen LogP contribution in [0.3, 0.4) is 0 Å². The second kappa shape index (κ2) is 9.44. The number of hydrogen-bond donors (Lipinski definition) is 2. The van der Waals surface area contributed by atoms with Crippen LogP contribution in [0.2, 0.25) is 0 Å². The zero-order valence-electron chi connectivity index (χ0n) is 18.0. The van der Waals surface area contributed by atoms with Gasteiger partial charge in [0.05, 0.1) is 17.7 Å². The van der Waals surface area contributed by atoms with E-state index in [2.05, 4.69) is 20.5 Å². The zero-order chi connectivity index (χ0) is 22.7. The number of halogens is 1. The first-order valence-corrected chi connectivity index (χ1v) is 10.6. The molecule has 2 unspecified atom stereocenters. The molecule has 2 N–H and O–H groups in total. The highest BCUT2D eigenvalue weighted by Crippen LogP contribution is 2.32. The Kier molecular flexibility index (Phi) is 6.45. The topological polar surface area (TPSA) is 102 Å². The molecule has 1 aromatic carbocycles. The minimum atomic E-state index is -1.05. The molecule has 0 amide bonds. The molecule has 3 atom stereocenters. The number of aryl methyl sites for hydroxylation is 1. The molecule has 1 aliphatic rings. The molecule has 9 heteroatoms. The van der Waals surface area contributed by atoms with Crippen molar-refractivity contribution in [3.8, 4) is 34.1 Å². The Bertz CT molecular complexity index is 1140. The minimum absolute atomic E-state index is 0.0163. The Balaban J connectivity index is 1.51. The molecular formula is C23H26FN5O3. The summed E-state index contributed by atoms with van der Waals surface area (Å²) >= 11 is 0. The first-order valence-electron chi connectivity index (χ1n) is 10.6. The van der Waals surface area contributed by atoms with Crippen molar-refractivity contribution in [2.45, 2.75) is 44.0 Å². The summed E-state index contributed by atoms with van der Waals surface area (Å²) in [6.07, 6.45) is 2.59. The summed E-state index contributed by atoms with van der Waals surface area (Å²) in [5, 5.41) is 22.0. The van der Waals surface area contributed by atoms with Gasteiger partial charge in [0.2, 0.25) is 5.88 Å². The van der Waals surface area contributed by atoms with Gasteiger partial charge >= 0.3 is 0 Å². The number of nitrogens with one attached hydrogen (secondary N) is 1. The third-order valence-electron chi connectivity index (χ3n) is 5.82.